The number of carbonyl (C=O) groups excluding carboxylic acids is 1. The minimum Gasteiger partial charge on any atom is -0.497 e. The second kappa shape index (κ2) is 9.41. The lowest BCUT2D eigenvalue weighted by Crippen LogP contribution is -2.14. The number of benzene rings is 3. The van der Waals surface area contributed by atoms with Gasteiger partial charge in [0.15, 0.2) is 0 Å². The number of carbonyl (C=O) groups is 1. The van der Waals surface area contributed by atoms with Gasteiger partial charge in [-0.2, -0.15) is 0 Å². The first kappa shape index (κ1) is 21.3. The lowest BCUT2D eigenvalue weighted by atomic mass is 10.1. The van der Waals surface area contributed by atoms with E-state index < -0.39 is 15.8 Å². The Morgan fingerprint density at radius 3 is 2.10 bits per heavy atom. The molecule has 30 heavy (non-hydrogen) atoms. The average Bonchev–Trinajstić information content (AvgIpc) is 2.74. The van der Waals surface area contributed by atoms with Gasteiger partial charge in [0.2, 0.25) is 5.91 Å². The Hall–Kier alpha value is -3.39. The summed E-state index contributed by atoms with van der Waals surface area (Å²) in [5.74, 6) is 0.102. The van der Waals surface area contributed by atoms with Crippen molar-refractivity contribution >= 4 is 27.3 Å². The van der Waals surface area contributed by atoms with E-state index in [1.54, 1.807) is 31.4 Å². The molecule has 0 saturated heterocycles. The number of hydrogen-bond acceptors (Lipinski definition) is 4. The Labute approximate surface area is 174 Å². The van der Waals surface area contributed by atoms with Gasteiger partial charge in [0, 0.05) is 17.8 Å². The Balaban J connectivity index is 1.54. The topological polar surface area (TPSA) is 84.5 Å². The van der Waals surface area contributed by atoms with E-state index in [1.807, 2.05) is 24.3 Å². The van der Waals surface area contributed by atoms with Gasteiger partial charge in [0.05, 0.1) is 12.0 Å². The molecule has 0 radical (unpaired) electrons. The van der Waals surface area contributed by atoms with Crippen molar-refractivity contribution in [2.45, 2.75) is 17.7 Å². The van der Waals surface area contributed by atoms with Crippen molar-refractivity contribution in [2.24, 2.45) is 0 Å². The zero-order valence-electron chi connectivity index (χ0n) is 16.3. The number of aryl methyl sites for hydroxylation is 1. The van der Waals surface area contributed by atoms with Crippen LogP contribution in [0.1, 0.15) is 12.0 Å². The molecule has 3 rings (SSSR count). The number of nitrogens with one attached hydrogen (secondary N) is 2. The van der Waals surface area contributed by atoms with E-state index in [-0.39, 0.29) is 10.8 Å². The third kappa shape index (κ3) is 5.81. The van der Waals surface area contributed by atoms with E-state index in [9.17, 15) is 17.6 Å². The van der Waals surface area contributed by atoms with Gasteiger partial charge in [0.25, 0.3) is 10.0 Å². The first-order valence-corrected chi connectivity index (χ1v) is 10.7. The quantitative estimate of drug-likeness (QED) is 0.563. The molecule has 3 aromatic rings. The number of ether oxygens (including phenoxy) is 1. The summed E-state index contributed by atoms with van der Waals surface area (Å²) in [6.07, 6.45) is 0.899. The van der Waals surface area contributed by atoms with Crippen molar-refractivity contribution in [2.75, 3.05) is 17.1 Å². The van der Waals surface area contributed by atoms with E-state index in [0.717, 1.165) is 23.4 Å². The van der Waals surface area contributed by atoms with Crippen LogP contribution in [-0.4, -0.2) is 21.4 Å². The zero-order valence-corrected chi connectivity index (χ0v) is 17.1. The fourth-order valence-electron chi connectivity index (χ4n) is 2.72. The zero-order chi connectivity index (χ0) is 21.6. The largest absolute Gasteiger partial charge is 0.497 e. The number of anilines is 2. The minimum absolute atomic E-state index is 0.0418. The van der Waals surface area contributed by atoms with Crippen LogP contribution in [0.3, 0.4) is 0 Å². The first-order chi connectivity index (χ1) is 14.4. The molecular formula is C22H21FN2O4S. The molecule has 0 spiro atoms. The molecule has 0 fully saturated rings. The highest BCUT2D eigenvalue weighted by Gasteiger charge is 2.14. The molecule has 6 nitrogen and oxygen atoms in total. The van der Waals surface area contributed by atoms with Crippen LogP contribution in [-0.2, 0) is 21.2 Å². The smallest absolute Gasteiger partial charge is 0.261 e. The standard InChI is InChI=1S/C22H21FN2O4S/c1-29-20-11-2-16(3-12-20)4-15-22(26)24-18-7-9-19(10-8-18)25-30(27,28)21-13-5-17(23)6-14-21/h2-3,5-14,25H,4,15H2,1H3,(H,24,26). The van der Waals surface area contributed by atoms with Gasteiger partial charge in [-0.25, -0.2) is 12.8 Å². The van der Waals surface area contributed by atoms with Gasteiger partial charge < -0.3 is 10.1 Å². The summed E-state index contributed by atoms with van der Waals surface area (Å²) in [6.45, 7) is 0. The van der Waals surface area contributed by atoms with E-state index in [2.05, 4.69) is 10.0 Å². The molecule has 0 unspecified atom stereocenters. The summed E-state index contributed by atoms with van der Waals surface area (Å²) >= 11 is 0. The van der Waals surface area contributed by atoms with Crippen molar-refractivity contribution in [1.29, 1.82) is 0 Å². The van der Waals surface area contributed by atoms with Gasteiger partial charge in [-0.1, -0.05) is 12.1 Å². The van der Waals surface area contributed by atoms with E-state index >= 15 is 0 Å². The van der Waals surface area contributed by atoms with Crippen LogP contribution < -0.4 is 14.8 Å². The molecule has 0 aromatic heterocycles. The molecule has 0 aliphatic heterocycles. The third-order valence-corrected chi connectivity index (χ3v) is 5.74. The number of hydrogen-bond donors (Lipinski definition) is 2. The lowest BCUT2D eigenvalue weighted by molar-refractivity contribution is -0.116. The maximum absolute atomic E-state index is 13.0. The van der Waals surface area contributed by atoms with Crippen molar-refractivity contribution < 1.29 is 22.3 Å². The van der Waals surface area contributed by atoms with Crippen LogP contribution in [0.5, 0.6) is 5.75 Å². The fraction of sp³-hybridized carbons (Fsp3) is 0.136. The number of amides is 1. The monoisotopic (exact) mass is 428 g/mol. The van der Waals surface area contributed by atoms with Crippen LogP contribution in [0.15, 0.2) is 77.7 Å². The van der Waals surface area contributed by atoms with Crippen molar-refractivity contribution in [3.05, 3.63) is 84.2 Å². The summed E-state index contributed by atoms with van der Waals surface area (Å²) < 4.78 is 45.2. The number of methoxy groups -OCH3 is 1. The van der Waals surface area contributed by atoms with Gasteiger partial charge in [-0.05, 0) is 72.6 Å². The molecule has 0 aliphatic rings. The Kier molecular flexibility index (Phi) is 6.68. The van der Waals surface area contributed by atoms with E-state index in [1.165, 1.54) is 12.1 Å². The highest BCUT2D eigenvalue weighted by atomic mass is 32.2. The van der Waals surface area contributed by atoms with Crippen molar-refractivity contribution in [1.82, 2.24) is 0 Å². The summed E-state index contributed by atoms with van der Waals surface area (Å²) in [7, 11) is -2.22. The highest BCUT2D eigenvalue weighted by molar-refractivity contribution is 7.92. The van der Waals surface area contributed by atoms with E-state index in [0.29, 0.717) is 24.2 Å². The molecule has 3 aromatic carbocycles. The van der Waals surface area contributed by atoms with Gasteiger partial charge in [-0.3, -0.25) is 9.52 Å². The Morgan fingerprint density at radius 2 is 1.50 bits per heavy atom. The summed E-state index contributed by atoms with van der Waals surface area (Å²) in [6, 6.07) is 18.4. The Bertz CT molecular complexity index is 1100. The molecule has 0 atom stereocenters. The highest BCUT2D eigenvalue weighted by Crippen LogP contribution is 2.19. The van der Waals surface area contributed by atoms with Crippen molar-refractivity contribution in [3.8, 4) is 5.75 Å². The molecule has 0 aliphatic carbocycles. The van der Waals surface area contributed by atoms with E-state index in [4.69, 9.17) is 4.74 Å². The van der Waals surface area contributed by atoms with Crippen LogP contribution in [0.4, 0.5) is 15.8 Å². The van der Waals surface area contributed by atoms with Crippen LogP contribution in [0.2, 0.25) is 0 Å². The lowest BCUT2D eigenvalue weighted by Gasteiger charge is -2.10. The number of sulfonamides is 1. The normalized spacial score (nSPS) is 11.0. The fourth-order valence-corrected chi connectivity index (χ4v) is 3.78. The molecule has 1 amide bonds. The van der Waals surface area contributed by atoms with Crippen molar-refractivity contribution in [3.63, 3.8) is 0 Å². The molecule has 0 saturated carbocycles. The summed E-state index contributed by atoms with van der Waals surface area (Å²) in [5.41, 5.74) is 1.91. The molecule has 0 heterocycles. The molecule has 0 bridgehead atoms. The van der Waals surface area contributed by atoms with Crippen LogP contribution >= 0.6 is 0 Å². The predicted molar refractivity (Wildman–Crippen MR) is 114 cm³/mol. The van der Waals surface area contributed by atoms with Crippen LogP contribution in [0, 0.1) is 5.82 Å². The Morgan fingerprint density at radius 1 is 0.900 bits per heavy atom. The predicted octanol–water partition coefficient (Wildman–Crippen LogP) is 4.21. The van der Waals surface area contributed by atoms with Gasteiger partial charge >= 0.3 is 0 Å². The van der Waals surface area contributed by atoms with Gasteiger partial charge in [0.1, 0.15) is 11.6 Å². The third-order valence-electron chi connectivity index (χ3n) is 4.34. The maximum atomic E-state index is 13.0. The molecule has 156 valence electrons. The first-order valence-electron chi connectivity index (χ1n) is 9.17. The number of halogens is 1. The molecular weight excluding hydrogens is 407 g/mol. The summed E-state index contributed by atoms with van der Waals surface area (Å²) in [4.78, 5) is 12.1. The maximum Gasteiger partial charge on any atom is 0.261 e. The second-order valence-corrected chi connectivity index (χ2v) is 8.22. The van der Waals surface area contributed by atoms with Gasteiger partial charge in [-0.15, -0.1) is 0 Å². The SMILES string of the molecule is COc1ccc(CCC(=O)Nc2ccc(NS(=O)(=O)c3ccc(F)cc3)cc2)cc1. The number of rotatable bonds is 8. The molecule has 2 N–H and O–H groups in total. The van der Waals surface area contributed by atoms with Crippen LogP contribution in [0.25, 0.3) is 0 Å². The summed E-state index contributed by atoms with van der Waals surface area (Å²) in [5, 5.41) is 2.78. The second-order valence-electron chi connectivity index (χ2n) is 6.53. The molecule has 8 heteroatoms. The minimum atomic E-state index is -3.82. The average molecular weight is 428 g/mol.